The highest BCUT2D eigenvalue weighted by Crippen LogP contribution is 2.22. The van der Waals surface area contributed by atoms with E-state index in [0.717, 1.165) is 44.7 Å². The number of nitrogens with zero attached hydrogens (tertiary/aromatic N) is 3. The maximum atomic E-state index is 12.2. The average Bonchev–Trinajstić information content (AvgIpc) is 2.63. The third-order valence-corrected chi connectivity index (χ3v) is 5.23. The van der Waals surface area contributed by atoms with Crippen LogP contribution in [0.3, 0.4) is 0 Å². The lowest BCUT2D eigenvalue weighted by atomic mass is 9.99. The molecule has 1 unspecified atom stereocenters. The smallest absolute Gasteiger partial charge is 0.229 e. The minimum atomic E-state index is 0.0605. The molecule has 2 fully saturated rings. The molecule has 0 saturated carbocycles. The van der Waals surface area contributed by atoms with E-state index in [0.29, 0.717) is 11.9 Å². The van der Waals surface area contributed by atoms with Crippen LogP contribution < -0.4 is 15.5 Å². The van der Waals surface area contributed by atoms with Gasteiger partial charge in [-0.1, -0.05) is 0 Å². The minimum Gasteiger partial charge on any atom is -0.370 e. The molecule has 1 aromatic rings. The molecule has 24 heavy (non-hydrogen) atoms. The van der Waals surface area contributed by atoms with Crippen LogP contribution in [-0.4, -0.2) is 62.1 Å². The predicted octanol–water partition coefficient (Wildman–Crippen LogP) is 1.55. The monoisotopic (exact) mass is 331 g/mol. The number of piperidine rings is 2. The summed E-state index contributed by atoms with van der Waals surface area (Å²) < 4.78 is 0. The van der Waals surface area contributed by atoms with E-state index in [4.69, 9.17) is 0 Å². The number of pyridine rings is 1. The zero-order valence-electron chi connectivity index (χ0n) is 14.8. The van der Waals surface area contributed by atoms with Gasteiger partial charge in [0.05, 0.1) is 17.8 Å². The van der Waals surface area contributed by atoms with Gasteiger partial charge in [-0.2, -0.15) is 0 Å². The van der Waals surface area contributed by atoms with Gasteiger partial charge in [-0.05, 0) is 58.5 Å². The molecule has 1 aromatic heterocycles. The van der Waals surface area contributed by atoms with E-state index in [9.17, 15) is 4.79 Å². The van der Waals surface area contributed by atoms with Crippen molar-refractivity contribution in [1.82, 2.24) is 15.2 Å². The molecule has 2 N–H and O–H groups in total. The number of hydrogen-bond donors (Lipinski definition) is 2. The van der Waals surface area contributed by atoms with Crippen LogP contribution >= 0.6 is 0 Å². The molecule has 0 radical (unpaired) electrons. The summed E-state index contributed by atoms with van der Waals surface area (Å²) in [4.78, 5) is 21.4. The summed E-state index contributed by atoms with van der Waals surface area (Å²) in [5.41, 5.74) is 1.14. The van der Waals surface area contributed by atoms with Crippen molar-refractivity contribution in [3.63, 3.8) is 0 Å². The normalized spacial score (nSPS) is 22.6. The quantitative estimate of drug-likeness (QED) is 0.877. The van der Waals surface area contributed by atoms with E-state index < -0.39 is 0 Å². The van der Waals surface area contributed by atoms with Crippen LogP contribution in [0.4, 0.5) is 11.5 Å². The lowest BCUT2D eigenvalue weighted by molar-refractivity contribution is -0.120. The number of carbonyl (C=O) groups is 1. The van der Waals surface area contributed by atoms with E-state index in [1.807, 2.05) is 12.3 Å². The van der Waals surface area contributed by atoms with Crippen LogP contribution in [-0.2, 0) is 4.79 Å². The first-order chi connectivity index (χ1) is 11.6. The maximum absolute atomic E-state index is 12.2. The third kappa shape index (κ3) is 4.24. The molecule has 0 aromatic carbocycles. The molecule has 0 aliphatic carbocycles. The first-order valence-corrected chi connectivity index (χ1v) is 9.02. The number of amides is 1. The van der Waals surface area contributed by atoms with Crippen LogP contribution in [0.2, 0.25) is 0 Å². The summed E-state index contributed by atoms with van der Waals surface area (Å²) in [5, 5.41) is 6.22. The number of nitrogens with one attached hydrogen (secondary N) is 2. The Bertz CT molecular complexity index is 531. The molecule has 2 aliphatic heterocycles. The van der Waals surface area contributed by atoms with E-state index in [1.54, 1.807) is 0 Å². The van der Waals surface area contributed by atoms with E-state index in [1.165, 1.54) is 12.8 Å². The molecule has 3 heterocycles. The van der Waals surface area contributed by atoms with E-state index in [-0.39, 0.29) is 11.8 Å². The van der Waals surface area contributed by atoms with Crippen LogP contribution in [0.25, 0.3) is 0 Å². The Labute approximate surface area is 144 Å². The van der Waals surface area contributed by atoms with Gasteiger partial charge in [-0.25, -0.2) is 4.98 Å². The molecular weight excluding hydrogens is 302 g/mol. The summed E-state index contributed by atoms with van der Waals surface area (Å²) in [6.07, 6.45) is 6.26. The SMILES string of the molecule is CN(C)C1CCN(c2ccc(NC(=O)C3CCCNC3)nc2)CC1. The van der Waals surface area contributed by atoms with Gasteiger partial charge in [0.15, 0.2) is 0 Å². The summed E-state index contributed by atoms with van der Waals surface area (Å²) in [6.45, 7) is 3.90. The summed E-state index contributed by atoms with van der Waals surface area (Å²) in [6, 6.07) is 4.66. The number of aromatic nitrogens is 1. The number of rotatable bonds is 4. The number of hydrogen-bond acceptors (Lipinski definition) is 5. The molecule has 2 saturated heterocycles. The standard InChI is InChI=1S/C18H29N5O/c1-22(2)15-7-10-23(11-8-15)16-5-6-17(20-13-16)21-18(24)14-4-3-9-19-12-14/h5-6,13-15,19H,3-4,7-12H2,1-2H3,(H,20,21,24). The second-order valence-electron chi connectivity index (χ2n) is 7.12. The fourth-order valence-corrected chi connectivity index (χ4v) is 3.59. The Morgan fingerprint density at radius 3 is 2.67 bits per heavy atom. The Balaban J connectivity index is 1.53. The lowest BCUT2D eigenvalue weighted by Gasteiger charge is -2.36. The topological polar surface area (TPSA) is 60.5 Å². The molecule has 1 amide bonds. The van der Waals surface area contributed by atoms with Gasteiger partial charge in [0, 0.05) is 25.7 Å². The molecule has 3 rings (SSSR count). The average molecular weight is 331 g/mol. The van der Waals surface area contributed by atoms with Gasteiger partial charge in [-0.3, -0.25) is 4.79 Å². The predicted molar refractivity (Wildman–Crippen MR) is 97.4 cm³/mol. The molecule has 6 heteroatoms. The first kappa shape index (κ1) is 17.2. The van der Waals surface area contributed by atoms with Crippen molar-refractivity contribution < 1.29 is 4.79 Å². The molecule has 1 atom stereocenters. The maximum Gasteiger partial charge on any atom is 0.229 e. The zero-order chi connectivity index (χ0) is 16.9. The van der Waals surface area contributed by atoms with E-state index >= 15 is 0 Å². The van der Waals surface area contributed by atoms with Crippen molar-refractivity contribution >= 4 is 17.4 Å². The Morgan fingerprint density at radius 2 is 2.08 bits per heavy atom. The fourth-order valence-electron chi connectivity index (χ4n) is 3.59. The molecule has 2 aliphatic rings. The number of carbonyl (C=O) groups excluding carboxylic acids is 1. The Morgan fingerprint density at radius 1 is 1.29 bits per heavy atom. The second-order valence-corrected chi connectivity index (χ2v) is 7.12. The second kappa shape index (κ2) is 7.94. The van der Waals surface area contributed by atoms with Crippen LogP contribution in [0.5, 0.6) is 0 Å². The van der Waals surface area contributed by atoms with Crippen molar-refractivity contribution in [1.29, 1.82) is 0 Å². The Kier molecular flexibility index (Phi) is 5.68. The minimum absolute atomic E-state index is 0.0605. The third-order valence-electron chi connectivity index (χ3n) is 5.23. The van der Waals surface area contributed by atoms with Crippen molar-refractivity contribution in [2.75, 3.05) is 50.5 Å². The van der Waals surface area contributed by atoms with E-state index in [2.05, 4.69) is 45.6 Å². The highest BCUT2D eigenvalue weighted by atomic mass is 16.2. The molecule has 132 valence electrons. The highest BCUT2D eigenvalue weighted by molar-refractivity contribution is 5.92. The van der Waals surface area contributed by atoms with Gasteiger partial charge < -0.3 is 20.4 Å². The van der Waals surface area contributed by atoms with Gasteiger partial charge in [0.1, 0.15) is 5.82 Å². The fraction of sp³-hybridized carbons (Fsp3) is 0.667. The summed E-state index contributed by atoms with van der Waals surface area (Å²) in [7, 11) is 4.31. The molecular formula is C18H29N5O. The van der Waals surface area contributed by atoms with Crippen LogP contribution in [0.15, 0.2) is 18.3 Å². The van der Waals surface area contributed by atoms with Gasteiger partial charge >= 0.3 is 0 Å². The van der Waals surface area contributed by atoms with Crippen LogP contribution in [0.1, 0.15) is 25.7 Å². The van der Waals surface area contributed by atoms with Gasteiger partial charge in [0.2, 0.25) is 5.91 Å². The van der Waals surface area contributed by atoms with Crippen molar-refractivity contribution in [3.05, 3.63) is 18.3 Å². The number of anilines is 2. The zero-order valence-corrected chi connectivity index (χ0v) is 14.8. The Hall–Kier alpha value is -1.66. The summed E-state index contributed by atoms with van der Waals surface area (Å²) >= 11 is 0. The summed E-state index contributed by atoms with van der Waals surface area (Å²) in [5.74, 6) is 0.789. The van der Waals surface area contributed by atoms with Crippen molar-refractivity contribution in [2.45, 2.75) is 31.7 Å². The van der Waals surface area contributed by atoms with Gasteiger partial charge in [-0.15, -0.1) is 0 Å². The first-order valence-electron chi connectivity index (χ1n) is 9.02. The van der Waals surface area contributed by atoms with Crippen LogP contribution in [0, 0.1) is 5.92 Å². The van der Waals surface area contributed by atoms with Gasteiger partial charge in [0.25, 0.3) is 0 Å². The highest BCUT2D eigenvalue weighted by Gasteiger charge is 2.22. The molecule has 0 spiro atoms. The largest absolute Gasteiger partial charge is 0.370 e. The van der Waals surface area contributed by atoms with Crippen molar-refractivity contribution in [3.8, 4) is 0 Å². The molecule has 6 nitrogen and oxygen atoms in total. The molecule has 0 bridgehead atoms. The lowest BCUT2D eigenvalue weighted by Crippen LogP contribution is -2.42. The van der Waals surface area contributed by atoms with Crippen molar-refractivity contribution in [2.24, 2.45) is 5.92 Å².